The first-order valence-electron chi connectivity index (χ1n) is 13.4. The zero-order chi connectivity index (χ0) is 25.4. The minimum absolute atomic E-state index is 0.0314. The van der Waals surface area contributed by atoms with E-state index in [1.807, 2.05) is 0 Å². The maximum Gasteiger partial charge on any atom is 0.174 e. The molecule has 3 heteroatoms. The lowest BCUT2D eigenvalue weighted by molar-refractivity contribution is 0.0356. The minimum atomic E-state index is -1.66. The van der Waals surface area contributed by atoms with Crippen LogP contribution in [0, 0.1) is 0 Å². The fraction of sp³-hybridized carbons (Fsp3) is 0.613. The van der Waals surface area contributed by atoms with Crippen LogP contribution in [0.15, 0.2) is 48.5 Å². The Labute approximate surface area is 212 Å². The van der Waals surface area contributed by atoms with Crippen LogP contribution >= 0.6 is 0 Å². The van der Waals surface area contributed by atoms with Crippen LogP contribution in [0.2, 0.25) is 32.2 Å². The molecule has 1 nitrogen and oxygen atoms in total. The normalized spacial score (nSPS) is 19.7. The van der Waals surface area contributed by atoms with E-state index < -0.39 is 15.4 Å². The van der Waals surface area contributed by atoms with E-state index in [-0.39, 0.29) is 16.4 Å². The SMILES string of the molecule is CC(C)(C)c1ccc(CCC2(CCc3ccc(C(C)(C)C)cc3)CC[Si](C)(C)[Si](C)(C)O2)cc1. The van der Waals surface area contributed by atoms with Gasteiger partial charge >= 0.3 is 0 Å². The Morgan fingerprint density at radius 2 is 1.06 bits per heavy atom. The van der Waals surface area contributed by atoms with Crippen molar-refractivity contribution < 1.29 is 4.43 Å². The Hall–Kier alpha value is -1.17. The lowest BCUT2D eigenvalue weighted by Gasteiger charge is -2.52. The Morgan fingerprint density at radius 1 is 0.676 bits per heavy atom. The first-order chi connectivity index (χ1) is 15.5. The monoisotopic (exact) mass is 494 g/mol. The fourth-order valence-corrected chi connectivity index (χ4v) is 12.1. The van der Waals surface area contributed by atoms with Crippen LogP contribution in [-0.4, -0.2) is 21.0 Å². The lowest BCUT2D eigenvalue weighted by atomic mass is 9.84. The van der Waals surface area contributed by atoms with Gasteiger partial charge in [0.25, 0.3) is 0 Å². The third-order valence-corrected chi connectivity index (χ3v) is 25.2. The van der Waals surface area contributed by atoms with E-state index >= 15 is 0 Å². The van der Waals surface area contributed by atoms with Crippen molar-refractivity contribution in [2.75, 3.05) is 0 Å². The van der Waals surface area contributed by atoms with Crippen LogP contribution in [0.25, 0.3) is 0 Å². The van der Waals surface area contributed by atoms with Gasteiger partial charge in [-0.1, -0.05) is 109 Å². The molecule has 0 aromatic heterocycles. The minimum Gasteiger partial charge on any atom is -0.415 e. The molecule has 2 aromatic rings. The molecule has 0 amide bonds. The second-order valence-corrected chi connectivity index (χ2v) is 29.2. The molecule has 0 atom stereocenters. The standard InChI is InChI=1S/C31H50OSi2/c1-29(2,3)27-15-11-25(12-16-27)19-21-31(23-24-33(7,8)34(9,10)32-31)22-20-26-13-17-28(18-14-26)30(4,5)6/h11-18H,19-24H2,1-10H3. The van der Waals surface area contributed by atoms with Crippen LogP contribution in [0.4, 0.5) is 0 Å². The second kappa shape index (κ2) is 9.71. The molecule has 1 fully saturated rings. The van der Waals surface area contributed by atoms with E-state index in [4.69, 9.17) is 4.43 Å². The molecule has 3 rings (SSSR count). The Kier molecular flexibility index (Phi) is 7.83. The van der Waals surface area contributed by atoms with E-state index in [2.05, 4.69) is 116 Å². The van der Waals surface area contributed by atoms with Gasteiger partial charge in [-0.25, -0.2) is 0 Å². The predicted molar refractivity (Wildman–Crippen MR) is 155 cm³/mol. The Morgan fingerprint density at radius 3 is 1.38 bits per heavy atom. The molecule has 0 spiro atoms. The highest BCUT2D eigenvalue weighted by Gasteiger charge is 2.52. The van der Waals surface area contributed by atoms with Gasteiger partial charge in [-0.2, -0.15) is 0 Å². The molecule has 0 aliphatic carbocycles. The van der Waals surface area contributed by atoms with Gasteiger partial charge in [0, 0.05) is 0 Å². The largest absolute Gasteiger partial charge is 0.415 e. The van der Waals surface area contributed by atoms with Crippen LogP contribution < -0.4 is 0 Å². The van der Waals surface area contributed by atoms with Crippen molar-refractivity contribution >= 4 is 15.4 Å². The molecular formula is C31H50OSi2. The van der Waals surface area contributed by atoms with E-state index in [0.29, 0.717) is 0 Å². The average molecular weight is 495 g/mol. The topological polar surface area (TPSA) is 9.23 Å². The van der Waals surface area contributed by atoms with Gasteiger partial charge in [0.2, 0.25) is 0 Å². The molecule has 0 saturated carbocycles. The molecule has 1 heterocycles. The third-order valence-electron chi connectivity index (χ3n) is 8.69. The number of rotatable bonds is 6. The molecule has 2 aromatic carbocycles. The highest BCUT2D eigenvalue weighted by atomic mass is 29.3. The van der Waals surface area contributed by atoms with Gasteiger partial charge in [-0.15, -0.1) is 0 Å². The summed E-state index contributed by atoms with van der Waals surface area (Å²) < 4.78 is 7.28. The van der Waals surface area contributed by atoms with Gasteiger partial charge < -0.3 is 4.43 Å². The van der Waals surface area contributed by atoms with E-state index in [1.165, 1.54) is 34.7 Å². The highest BCUT2D eigenvalue weighted by molar-refractivity contribution is 7.38. The Balaban J connectivity index is 1.76. The quantitative estimate of drug-likeness (QED) is 0.364. The summed E-state index contributed by atoms with van der Waals surface area (Å²) in [6.07, 6.45) is 5.74. The number of benzene rings is 2. The van der Waals surface area contributed by atoms with Crippen molar-refractivity contribution in [1.82, 2.24) is 0 Å². The highest BCUT2D eigenvalue weighted by Crippen LogP contribution is 2.43. The molecule has 1 aliphatic heterocycles. The summed E-state index contributed by atoms with van der Waals surface area (Å²) in [6.45, 7) is 23.9. The van der Waals surface area contributed by atoms with Gasteiger partial charge in [0.1, 0.15) is 0 Å². The summed E-state index contributed by atoms with van der Waals surface area (Å²) in [5.41, 5.74) is 6.18. The summed E-state index contributed by atoms with van der Waals surface area (Å²) in [4.78, 5) is 0. The number of aryl methyl sites for hydroxylation is 2. The maximum absolute atomic E-state index is 7.28. The third kappa shape index (κ3) is 6.53. The van der Waals surface area contributed by atoms with Crippen molar-refractivity contribution in [3.63, 3.8) is 0 Å². The summed E-state index contributed by atoms with van der Waals surface area (Å²) in [5, 5.41) is 0. The summed E-state index contributed by atoms with van der Waals surface area (Å²) in [5.74, 6) is 0. The van der Waals surface area contributed by atoms with Crippen molar-refractivity contribution in [1.29, 1.82) is 0 Å². The molecule has 188 valence electrons. The summed E-state index contributed by atoms with van der Waals surface area (Å²) in [6, 6.07) is 20.1. The first-order valence-corrected chi connectivity index (χ1v) is 20.5. The van der Waals surface area contributed by atoms with E-state index in [0.717, 1.165) is 25.7 Å². The van der Waals surface area contributed by atoms with Crippen molar-refractivity contribution in [2.45, 2.75) is 122 Å². The van der Waals surface area contributed by atoms with Crippen molar-refractivity contribution in [3.8, 4) is 0 Å². The van der Waals surface area contributed by atoms with Gasteiger partial charge in [-0.3, -0.25) is 0 Å². The molecule has 0 N–H and O–H groups in total. The molecule has 0 radical (unpaired) electrons. The van der Waals surface area contributed by atoms with Crippen molar-refractivity contribution in [2.24, 2.45) is 0 Å². The number of hydrogen-bond donors (Lipinski definition) is 0. The zero-order valence-electron chi connectivity index (χ0n) is 23.8. The molecule has 34 heavy (non-hydrogen) atoms. The molecule has 0 unspecified atom stereocenters. The average Bonchev–Trinajstić information content (AvgIpc) is 2.73. The van der Waals surface area contributed by atoms with E-state index in [9.17, 15) is 0 Å². The van der Waals surface area contributed by atoms with Gasteiger partial charge in [0.15, 0.2) is 7.83 Å². The smallest absolute Gasteiger partial charge is 0.174 e. The predicted octanol–water partition coefficient (Wildman–Crippen LogP) is 9.00. The fourth-order valence-electron chi connectivity index (χ4n) is 5.14. The van der Waals surface area contributed by atoms with Gasteiger partial charge in [0.05, 0.1) is 13.2 Å². The summed E-state index contributed by atoms with van der Waals surface area (Å²) >= 11 is 0. The van der Waals surface area contributed by atoms with Crippen LogP contribution in [0.5, 0.6) is 0 Å². The van der Waals surface area contributed by atoms with Crippen LogP contribution in [0.1, 0.15) is 83.1 Å². The van der Waals surface area contributed by atoms with E-state index in [1.54, 1.807) is 0 Å². The number of hydrogen-bond acceptors (Lipinski definition) is 1. The second-order valence-electron chi connectivity index (χ2n) is 14.1. The molecule has 0 bridgehead atoms. The van der Waals surface area contributed by atoms with Crippen LogP contribution in [0.3, 0.4) is 0 Å². The molecular weight excluding hydrogens is 445 g/mol. The summed E-state index contributed by atoms with van der Waals surface area (Å²) in [7, 11) is -2.92. The van der Waals surface area contributed by atoms with Gasteiger partial charge in [-0.05, 0) is 78.3 Å². The van der Waals surface area contributed by atoms with Crippen molar-refractivity contribution in [3.05, 3.63) is 70.8 Å². The first kappa shape index (κ1) is 27.4. The van der Waals surface area contributed by atoms with Crippen LogP contribution in [-0.2, 0) is 28.1 Å². The molecule has 1 aliphatic rings. The lowest BCUT2D eigenvalue weighted by Crippen LogP contribution is -2.65. The Bertz CT molecular complexity index is 879. The zero-order valence-corrected chi connectivity index (χ0v) is 25.8. The maximum atomic E-state index is 7.28. The molecule has 1 saturated heterocycles.